The monoisotopic (exact) mass is 503 g/mol. The van der Waals surface area contributed by atoms with Crippen molar-refractivity contribution in [2.45, 2.75) is 6.54 Å². The van der Waals surface area contributed by atoms with E-state index in [9.17, 15) is 14.7 Å². The van der Waals surface area contributed by atoms with E-state index >= 15 is 0 Å². The Morgan fingerprint density at radius 2 is 1.59 bits per heavy atom. The minimum atomic E-state index is -0.405. The summed E-state index contributed by atoms with van der Waals surface area (Å²) in [5.41, 5.74) is 6.81. The lowest BCUT2D eigenvalue weighted by atomic mass is 9.82. The van der Waals surface area contributed by atoms with Crippen molar-refractivity contribution in [2.75, 3.05) is 46.4 Å². The number of carbonyl (C=O) groups is 2. The van der Waals surface area contributed by atoms with Crippen LogP contribution in [0.3, 0.4) is 0 Å². The number of rotatable bonds is 5. The van der Waals surface area contributed by atoms with Gasteiger partial charge < -0.3 is 20.5 Å². The molecule has 3 N–H and O–H groups in total. The number of hydrogen-bond acceptors (Lipinski definition) is 7. The van der Waals surface area contributed by atoms with Gasteiger partial charge in [0, 0.05) is 56.0 Å². The Kier molecular flexibility index (Phi) is 10.4. The molecule has 0 aromatic heterocycles. The van der Waals surface area contributed by atoms with Gasteiger partial charge in [-0.2, -0.15) is 0 Å². The predicted octanol–water partition coefficient (Wildman–Crippen LogP) is 2.52. The summed E-state index contributed by atoms with van der Waals surface area (Å²) >= 11 is 0. The molecule has 0 atom stereocenters. The summed E-state index contributed by atoms with van der Waals surface area (Å²) in [6.07, 6.45) is 0. The van der Waals surface area contributed by atoms with Gasteiger partial charge in [-0.25, -0.2) is 0 Å². The number of ketones is 2. The molecule has 1 aliphatic heterocycles. The minimum absolute atomic E-state index is 0. The maximum absolute atomic E-state index is 13.2. The van der Waals surface area contributed by atoms with Gasteiger partial charge >= 0.3 is 0 Å². The Labute approximate surface area is 206 Å². The average molecular weight is 505 g/mol. The van der Waals surface area contributed by atoms with Crippen LogP contribution in [-0.2, 0) is 6.54 Å². The number of halogens is 3. The van der Waals surface area contributed by atoms with E-state index in [2.05, 4.69) is 16.8 Å². The second-order valence-electron chi connectivity index (χ2n) is 7.53. The number of phenolic OH excluding ortho intramolecular Hbond substituents is 1. The quantitative estimate of drug-likeness (QED) is 0.551. The van der Waals surface area contributed by atoms with Gasteiger partial charge in [0.1, 0.15) is 18.1 Å². The molecule has 0 spiro atoms. The first kappa shape index (κ1) is 28.2. The summed E-state index contributed by atoms with van der Waals surface area (Å²) in [4.78, 5) is 30.8. The van der Waals surface area contributed by atoms with Crippen LogP contribution in [0.25, 0.3) is 0 Å². The number of nitrogens with zero attached hydrogens (tertiary/aromatic N) is 2. The van der Waals surface area contributed by atoms with Crippen molar-refractivity contribution < 1.29 is 19.4 Å². The normalized spacial score (nSPS) is 15.6. The van der Waals surface area contributed by atoms with Crippen LogP contribution in [-0.4, -0.2) is 72.9 Å². The van der Waals surface area contributed by atoms with Crippen LogP contribution in [0.2, 0.25) is 0 Å². The Morgan fingerprint density at radius 3 is 2.25 bits per heavy atom. The smallest absolute Gasteiger partial charge is 0.201 e. The Balaban J connectivity index is 0.00000171. The summed E-state index contributed by atoms with van der Waals surface area (Å²) in [5.74, 6) is -0.546. The van der Waals surface area contributed by atoms with Gasteiger partial charge in [0.2, 0.25) is 5.78 Å². The van der Waals surface area contributed by atoms with Crippen molar-refractivity contribution in [1.82, 2.24) is 9.80 Å². The Morgan fingerprint density at radius 1 is 0.938 bits per heavy atom. The van der Waals surface area contributed by atoms with Crippen molar-refractivity contribution >= 4 is 48.8 Å². The van der Waals surface area contributed by atoms with E-state index in [4.69, 9.17) is 10.5 Å². The number of hydrogen-bond donors (Lipinski definition) is 2. The molecule has 2 aromatic rings. The van der Waals surface area contributed by atoms with E-state index in [1.54, 1.807) is 30.3 Å². The fourth-order valence-electron chi connectivity index (χ4n) is 3.92. The van der Waals surface area contributed by atoms with Crippen molar-refractivity contribution in [2.24, 2.45) is 5.73 Å². The molecule has 176 valence electrons. The Hall–Kier alpha value is -1.87. The molecule has 1 heterocycles. The Bertz CT molecular complexity index is 979. The fourth-order valence-corrected chi connectivity index (χ4v) is 3.92. The maximum atomic E-state index is 13.2. The van der Waals surface area contributed by atoms with Crippen LogP contribution in [0.4, 0.5) is 0 Å². The van der Waals surface area contributed by atoms with Crippen LogP contribution in [0.1, 0.15) is 37.4 Å². The SMILES string of the molecule is CN1CCN(CCOc2cccc3c2C(=O)c2c(ccc(CN)c2O)C3=O)CC1.Cl.Cl.Cl. The second kappa shape index (κ2) is 11.8. The first-order chi connectivity index (χ1) is 14.0. The molecule has 0 amide bonds. The van der Waals surface area contributed by atoms with E-state index in [1.165, 1.54) is 0 Å². The standard InChI is InChI=1S/C22H25N3O4.3ClH/c1-24-7-9-25(10-8-24)11-12-29-17-4-2-3-15-18(17)22(28)19-16(21(15)27)6-5-14(13-23)20(19)26;;;/h2-6,26H,7-13,23H2,1H3;3*1H. The predicted molar refractivity (Wildman–Crippen MR) is 130 cm³/mol. The summed E-state index contributed by atoms with van der Waals surface area (Å²) < 4.78 is 5.93. The third-order valence-electron chi connectivity index (χ3n) is 5.71. The van der Waals surface area contributed by atoms with E-state index in [-0.39, 0.29) is 72.0 Å². The van der Waals surface area contributed by atoms with E-state index < -0.39 is 5.78 Å². The molecular formula is C22H28Cl3N3O4. The van der Waals surface area contributed by atoms with Crippen molar-refractivity contribution in [1.29, 1.82) is 0 Å². The number of phenols is 1. The van der Waals surface area contributed by atoms with E-state index in [0.717, 1.165) is 32.7 Å². The lowest BCUT2D eigenvalue weighted by Crippen LogP contribution is -2.45. The van der Waals surface area contributed by atoms with Crippen molar-refractivity contribution in [3.63, 3.8) is 0 Å². The van der Waals surface area contributed by atoms with E-state index in [0.29, 0.717) is 23.5 Å². The third kappa shape index (κ3) is 5.20. The van der Waals surface area contributed by atoms with Gasteiger partial charge in [-0.05, 0) is 19.2 Å². The first-order valence-corrected chi connectivity index (χ1v) is 9.82. The molecule has 1 saturated heterocycles. The zero-order valence-electron chi connectivity index (χ0n) is 17.7. The molecule has 0 unspecified atom stereocenters. The number of benzene rings is 2. The van der Waals surface area contributed by atoms with Crippen LogP contribution >= 0.6 is 37.2 Å². The van der Waals surface area contributed by atoms with Crippen LogP contribution in [0, 0.1) is 0 Å². The molecule has 2 aromatic carbocycles. The first-order valence-electron chi connectivity index (χ1n) is 9.82. The van der Waals surface area contributed by atoms with Crippen LogP contribution < -0.4 is 10.5 Å². The van der Waals surface area contributed by atoms with Gasteiger partial charge in [0.25, 0.3) is 0 Å². The molecule has 2 aliphatic rings. The molecule has 1 fully saturated rings. The van der Waals surface area contributed by atoms with Gasteiger partial charge in [-0.1, -0.05) is 18.2 Å². The van der Waals surface area contributed by atoms with Crippen LogP contribution in [0.5, 0.6) is 11.5 Å². The number of likely N-dealkylation sites (N-methyl/N-ethyl adjacent to an activating group) is 1. The highest BCUT2D eigenvalue weighted by molar-refractivity contribution is 6.30. The second-order valence-corrected chi connectivity index (χ2v) is 7.53. The molecule has 4 rings (SSSR count). The molecule has 0 saturated carbocycles. The van der Waals surface area contributed by atoms with Crippen molar-refractivity contribution in [3.8, 4) is 11.5 Å². The van der Waals surface area contributed by atoms with Crippen LogP contribution in [0.15, 0.2) is 30.3 Å². The highest BCUT2D eigenvalue weighted by Gasteiger charge is 2.35. The summed E-state index contributed by atoms with van der Waals surface area (Å²) in [7, 11) is 2.11. The molecule has 0 radical (unpaired) electrons. The van der Waals surface area contributed by atoms with Crippen molar-refractivity contribution in [3.05, 3.63) is 58.1 Å². The number of piperazine rings is 1. The molecule has 7 nitrogen and oxygen atoms in total. The topological polar surface area (TPSA) is 96.1 Å². The average Bonchev–Trinajstić information content (AvgIpc) is 2.73. The third-order valence-corrected chi connectivity index (χ3v) is 5.71. The molecule has 0 bridgehead atoms. The molecular weight excluding hydrogens is 477 g/mol. The summed E-state index contributed by atoms with van der Waals surface area (Å²) in [6.45, 7) is 5.25. The number of fused-ring (bicyclic) bond motifs is 2. The number of aromatic hydroxyl groups is 1. The lowest BCUT2D eigenvalue weighted by Gasteiger charge is -2.32. The number of nitrogens with two attached hydrogens (primary N) is 1. The highest BCUT2D eigenvalue weighted by atomic mass is 35.5. The summed E-state index contributed by atoms with van der Waals surface area (Å²) in [5, 5.41) is 10.5. The lowest BCUT2D eigenvalue weighted by molar-refractivity contribution is 0.0970. The summed E-state index contributed by atoms with van der Waals surface area (Å²) in [6, 6.07) is 8.18. The van der Waals surface area contributed by atoms with Gasteiger partial charge in [-0.3, -0.25) is 14.5 Å². The zero-order chi connectivity index (χ0) is 20.5. The maximum Gasteiger partial charge on any atom is 0.201 e. The fraction of sp³-hybridized carbons (Fsp3) is 0.364. The minimum Gasteiger partial charge on any atom is -0.507 e. The molecule has 1 aliphatic carbocycles. The largest absolute Gasteiger partial charge is 0.507 e. The molecule has 10 heteroatoms. The highest BCUT2D eigenvalue weighted by Crippen LogP contribution is 2.38. The van der Waals surface area contributed by atoms with Gasteiger partial charge in [0.05, 0.1) is 11.1 Å². The van der Waals surface area contributed by atoms with Gasteiger partial charge in [-0.15, -0.1) is 37.2 Å². The number of ether oxygens (including phenoxy) is 1. The number of carbonyl (C=O) groups excluding carboxylic acids is 2. The van der Waals surface area contributed by atoms with E-state index in [1.807, 2.05) is 0 Å². The molecule has 32 heavy (non-hydrogen) atoms. The van der Waals surface area contributed by atoms with Gasteiger partial charge in [0.15, 0.2) is 5.78 Å². The zero-order valence-corrected chi connectivity index (χ0v) is 20.2.